The molecule has 0 radical (unpaired) electrons. The summed E-state index contributed by atoms with van der Waals surface area (Å²) < 4.78 is 0. The van der Waals surface area contributed by atoms with Gasteiger partial charge in [0.25, 0.3) is 0 Å². The summed E-state index contributed by atoms with van der Waals surface area (Å²) in [4.78, 5) is 3.24. The molecule has 0 amide bonds. The van der Waals surface area contributed by atoms with E-state index in [0.29, 0.717) is 0 Å². The Morgan fingerprint density at radius 3 is 2.89 bits per heavy atom. The fourth-order valence-corrected chi connectivity index (χ4v) is 2.42. The molecular weight excluding hydrogens is 260 g/mol. The van der Waals surface area contributed by atoms with Crippen molar-refractivity contribution >= 4 is 22.5 Å². The molecule has 1 unspecified atom stereocenters. The molecule has 0 aliphatic carbocycles. The summed E-state index contributed by atoms with van der Waals surface area (Å²) in [7, 11) is 0. The summed E-state index contributed by atoms with van der Waals surface area (Å²) in [5, 5.41) is 14.6. The van der Waals surface area contributed by atoms with Gasteiger partial charge in [0, 0.05) is 40.8 Å². The van der Waals surface area contributed by atoms with E-state index in [9.17, 15) is 0 Å². The van der Waals surface area contributed by atoms with Gasteiger partial charge in [0.1, 0.15) is 0 Å². The predicted octanol–water partition coefficient (Wildman–Crippen LogP) is 3.46. The van der Waals surface area contributed by atoms with Crippen LogP contribution in [0.5, 0.6) is 0 Å². The van der Waals surface area contributed by atoms with Crippen molar-refractivity contribution in [3.8, 4) is 0 Å². The predicted molar refractivity (Wildman–Crippen MR) is 80.5 cm³/mol. The number of aromatic nitrogens is 1. The molecule has 1 aromatic carbocycles. The van der Waals surface area contributed by atoms with Crippen molar-refractivity contribution in [2.45, 2.75) is 38.8 Å². The Kier molecular flexibility index (Phi) is 4.50. The van der Waals surface area contributed by atoms with Gasteiger partial charge in [-0.1, -0.05) is 24.6 Å². The molecule has 1 heterocycles. The van der Waals surface area contributed by atoms with E-state index in [1.54, 1.807) is 0 Å². The second-order valence-electron chi connectivity index (χ2n) is 5.25. The second-order valence-corrected chi connectivity index (χ2v) is 5.68. The lowest BCUT2D eigenvalue weighted by atomic mass is 9.94. The number of aliphatic hydroxyl groups is 1. The first-order valence-electron chi connectivity index (χ1n) is 6.69. The highest BCUT2D eigenvalue weighted by Crippen LogP contribution is 2.23. The molecule has 0 saturated heterocycles. The highest BCUT2D eigenvalue weighted by atomic mass is 35.5. The fraction of sp³-hybridized carbons (Fsp3) is 0.467. The standard InChI is InChI=1S/C15H21ClN2O/c1-3-15(2,6-7-19)18-10-11-9-17-14-8-12(16)4-5-13(11)14/h4-5,8-9,17-19H,3,6-7,10H2,1-2H3. The topological polar surface area (TPSA) is 48.0 Å². The van der Waals surface area contributed by atoms with Crippen LogP contribution in [0.4, 0.5) is 0 Å². The molecule has 3 N–H and O–H groups in total. The highest BCUT2D eigenvalue weighted by Gasteiger charge is 2.20. The van der Waals surface area contributed by atoms with Gasteiger partial charge in [-0.25, -0.2) is 0 Å². The Labute approximate surface area is 119 Å². The third-order valence-electron chi connectivity index (χ3n) is 3.88. The number of aromatic amines is 1. The van der Waals surface area contributed by atoms with Gasteiger partial charge in [0.05, 0.1) is 0 Å². The van der Waals surface area contributed by atoms with E-state index in [1.165, 1.54) is 10.9 Å². The Morgan fingerprint density at radius 2 is 2.21 bits per heavy atom. The largest absolute Gasteiger partial charge is 0.396 e. The lowest BCUT2D eigenvalue weighted by Crippen LogP contribution is -2.41. The molecule has 1 atom stereocenters. The number of fused-ring (bicyclic) bond motifs is 1. The van der Waals surface area contributed by atoms with E-state index in [0.717, 1.165) is 29.9 Å². The molecule has 0 aliphatic heterocycles. The van der Waals surface area contributed by atoms with Gasteiger partial charge in [0.2, 0.25) is 0 Å². The van der Waals surface area contributed by atoms with E-state index < -0.39 is 0 Å². The molecule has 0 aliphatic rings. The lowest BCUT2D eigenvalue weighted by Gasteiger charge is -2.29. The quantitative estimate of drug-likeness (QED) is 0.759. The number of benzene rings is 1. The zero-order valence-corrected chi connectivity index (χ0v) is 12.2. The summed E-state index contributed by atoms with van der Waals surface area (Å²) in [5.74, 6) is 0. The molecule has 2 rings (SSSR count). The number of nitrogens with one attached hydrogen (secondary N) is 2. The van der Waals surface area contributed by atoms with Gasteiger partial charge in [0.15, 0.2) is 0 Å². The molecule has 0 bridgehead atoms. The molecule has 4 heteroatoms. The van der Waals surface area contributed by atoms with Crippen molar-refractivity contribution < 1.29 is 5.11 Å². The zero-order chi connectivity index (χ0) is 13.9. The molecule has 0 saturated carbocycles. The van der Waals surface area contributed by atoms with Gasteiger partial charge in [-0.3, -0.25) is 0 Å². The summed E-state index contributed by atoms with van der Waals surface area (Å²) in [6.07, 6.45) is 3.77. The Morgan fingerprint density at radius 1 is 1.42 bits per heavy atom. The minimum Gasteiger partial charge on any atom is -0.396 e. The van der Waals surface area contributed by atoms with Gasteiger partial charge >= 0.3 is 0 Å². The first kappa shape index (κ1) is 14.4. The van der Waals surface area contributed by atoms with Crippen LogP contribution in [0.2, 0.25) is 5.02 Å². The normalized spacial score (nSPS) is 14.7. The fourth-order valence-electron chi connectivity index (χ4n) is 2.25. The van der Waals surface area contributed by atoms with Crippen molar-refractivity contribution in [2.24, 2.45) is 0 Å². The van der Waals surface area contributed by atoms with Crippen molar-refractivity contribution in [3.63, 3.8) is 0 Å². The SMILES string of the molecule is CCC(C)(CCO)NCc1c[nH]c2cc(Cl)ccc12. The van der Waals surface area contributed by atoms with Gasteiger partial charge in [-0.2, -0.15) is 0 Å². The van der Waals surface area contributed by atoms with Crippen molar-refractivity contribution in [1.29, 1.82) is 0 Å². The van der Waals surface area contributed by atoms with Crippen LogP contribution in [0.1, 0.15) is 32.3 Å². The maximum atomic E-state index is 9.13. The summed E-state index contributed by atoms with van der Waals surface area (Å²) in [6.45, 7) is 5.28. The van der Waals surface area contributed by atoms with Gasteiger partial charge in [-0.05, 0) is 37.5 Å². The van der Waals surface area contributed by atoms with E-state index in [-0.39, 0.29) is 12.1 Å². The zero-order valence-electron chi connectivity index (χ0n) is 11.5. The van der Waals surface area contributed by atoms with E-state index >= 15 is 0 Å². The van der Waals surface area contributed by atoms with Crippen LogP contribution in [0.25, 0.3) is 10.9 Å². The van der Waals surface area contributed by atoms with Crippen LogP contribution in [0.3, 0.4) is 0 Å². The van der Waals surface area contributed by atoms with E-state index in [1.807, 2.05) is 24.4 Å². The van der Waals surface area contributed by atoms with Gasteiger partial charge in [-0.15, -0.1) is 0 Å². The first-order chi connectivity index (χ1) is 9.08. The number of H-pyrrole nitrogens is 1. The molecule has 1 aromatic heterocycles. The Hall–Kier alpha value is -1.03. The van der Waals surface area contributed by atoms with Gasteiger partial charge < -0.3 is 15.4 Å². The van der Waals surface area contributed by atoms with Crippen LogP contribution >= 0.6 is 11.6 Å². The molecule has 3 nitrogen and oxygen atoms in total. The van der Waals surface area contributed by atoms with Crippen molar-refractivity contribution in [1.82, 2.24) is 10.3 Å². The van der Waals surface area contributed by atoms with E-state index in [4.69, 9.17) is 16.7 Å². The van der Waals surface area contributed by atoms with Crippen LogP contribution in [-0.2, 0) is 6.54 Å². The average Bonchev–Trinajstić information content (AvgIpc) is 2.79. The summed E-state index contributed by atoms with van der Waals surface area (Å²) in [6, 6.07) is 5.89. The molecule has 104 valence electrons. The minimum absolute atomic E-state index is 0.0230. The number of halogens is 1. The third kappa shape index (κ3) is 3.30. The molecular formula is C15H21ClN2O. The van der Waals surface area contributed by atoms with Crippen LogP contribution in [0, 0.1) is 0 Å². The Balaban J connectivity index is 2.13. The number of hydrogen-bond acceptors (Lipinski definition) is 2. The lowest BCUT2D eigenvalue weighted by molar-refractivity contribution is 0.214. The summed E-state index contributed by atoms with van der Waals surface area (Å²) >= 11 is 5.98. The maximum Gasteiger partial charge on any atom is 0.0472 e. The Bertz CT molecular complexity index is 552. The molecule has 0 spiro atoms. The van der Waals surface area contributed by atoms with Crippen LogP contribution in [-0.4, -0.2) is 22.2 Å². The minimum atomic E-state index is -0.0230. The number of rotatable bonds is 6. The number of hydrogen-bond donors (Lipinski definition) is 3. The van der Waals surface area contributed by atoms with Crippen molar-refractivity contribution in [3.05, 3.63) is 35.0 Å². The third-order valence-corrected chi connectivity index (χ3v) is 4.11. The smallest absolute Gasteiger partial charge is 0.0472 e. The van der Waals surface area contributed by atoms with Crippen molar-refractivity contribution in [2.75, 3.05) is 6.61 Å². The molecule has 19 heavy (non-hydrogen) atoms. The molecule has 0 fully saturated rings. The highest BCUT2D eigenvalue weighted by molar-refractivity contribution is 6.31. The average molecular weight is 281 g/mol. The van der Waals surface area contributed by atoms with E-state index in [2.05, 4.69) is 24.1 Å². The maximum absolute atomic E-state index is 9.13. The number of aliphatic hydroxyl groups excluding tert-OH is 1. The molecule has 2 aromatic rings. The van der Waals surface area contributed by atoms with Crippen LogP contribution < -0.4 is 5.32 Å². The first-order valence-corrected chi connectivity index (χ1v) is 7.07. The van der Waals surface area contributed by atoms with Crippen LogP contribution in [0.15, 0.2) is 24.4 Å². The monoisotopic (exact) mass is 280 g/mol. The second kappa shape index (κ2) is 5.95. The summed E-state index contributed by atoms with van der Waals surface area (Å²) in [5.41, 5.74) is 2.26.